The number of benzene rings is 4. The summed E-state index contributed by atoms with van der Waals surface area (Å²) in [6.45, 7) is 4.58. The molecule has 0 N–H and O–H groups in total. The van der Waals surface area contributed by atoms with E-state index in [0.717, 1.165) is 44.2 Å². The number of anilines is 3. The summed E-state index contributed by atoms with van der Waals surface area (Å²) in [6, 6.07) is 42.9. The van der Waals surface area contributed by atoms with E-state index in [2.05, 4.69) is 89.4 Å². The average Bonchev–Trinajstić information content (AvgIpc) is 3.06. The van der Waals surface area contributed by atoms with Gasteiger partial charge in [0.25, 0.3) is 0 Å². The summed E-state index contributed by atoms with van der Waals surface area (Å²) in [5.74, 6) is 0. The zero-order chi connectivity index (χ0) is 28.7. The van der Waals surface area contributed by atoms with Crippen LogP contribution in [0.5, 0.6) is 0 Å². The van der Waals surface area contributed by atoms with Gasteiger partial charge in [-0.3, -0.25) is 9.97 Å². The molecule has 2 aromatic heterocycles. The first kappa shape index (κ1) is 26.1. The first-order chi connectivity index (χ1) is 20.5. The molecule has 0 saturated heterocycles. The van der Waals surface area contributed by atoms with E-state index in [9.17, 15) is 4.57 Å². The van der Waals surface area contributed by atoms with Crippen LogP contribution in [0.3, 0.4) is 0 Å². The molecule has 1 aliphatic rings. The molecule has 42 heavy (non-hydrogen) atoms. The largest absolute Gasteiger partial charge is 0.310 e. The number of nitrogens with zero attached hydrogens (tertiary/aromatic N) is 3. The monoisotopic (exact) mass is 563 g/mol. The van der Waals surface area contributed by atoms with Gasteiger partial charge in [0.15, 0.2) is 7.14 Å². The molecule has 0 bridgehead atoms. The number of pyridine rings is 2. The second-order valence-corrected chi connectivity index (χ2v) is 13.9. The van der Waals surface area contributed by atoms with Crippen LogP contribution in [-0.4, -0.2) is 9.97 Å². The summed E-state index contributed by atoms with van der Waals surface area (Å²) >= 11 is 0. The Morgan fingerprint density at radius 2 is 1.31 bits per heavy atom. The molecule has 1 aliphatic heterocycles. The Labute approximate surface area is 246 Å². The van der Waals surface area contributed by atoms with E-state index in [0.29, 0.717) is 0 Å². The molecule has 0 aliphatic carbocycles. The average molecular weight is 564 g/mol. The van der Waals surface area contributed by atoms with E-state index in [1.807, 2.05) is 72.9 Å². The van der Waals surface area contributed by atoms with Crippen LogP contribution < -0.4 is 20.8 Å². The highest BCUT2D eigenvalue weighted by molar-refractivity contribution is 7.85. The van der Waals surface area contributed by atoms with Crippen molar-refractivity contribution in [3.63, 3.8) is 0 Å². The van der Waals surface area contributed by atoms with Crippen molar-refractivity contribution < 1.29 is 4.57 Å². The third-order valence-corrected chi connectivity index (χ3v) is 11.3. The van der Waals surface area contributed by atoms with E-state index >= 15 is 0 Å². The normalized spacial score (nSPS) is 14.9. The van der Waals surface area contributed by atoms with Gasteiger partial charge in [-0.1, -0.05) is 74.5 Å². The quantitative estimate of drug-likeness (QED) is 0.200. The van der Waals surface area contributed by atoms with Crippen molar-refractivity contribution >= 4 is 40.1 Å². The Balaban J connectivity index is 1.38. The second kappa shape index (κ2) is 10.2. The third kappa shape index (κ3) is 4.19. The molecule has 1 unspecified atom stereocenters. The number of para-hydroxylation sites is 1. The second-order valence-electron chi connectivity index (χ2n) is 11.1. The predicted molar refractivity (Wildman–Crippen MR) is 174 cm³/mol. The Morgan fingerprint density at radius 1 is 0.619 bits per heavy atom. The lowest BCUT2D eigenvalue weighted by molar-refractivity contribution is 0.592. The fraction of sp³-hybridized carbons (Fsp3) is 0.0811. The van der Waals surface area contributed by atoms with Crippen LogP contribution in [0.25, 0.3) is 11.3 Å². The number of hydrogen-bond acceptors (Lipinski definition) is 4. The summed E-state index contributed by atoms with van der Waals surface area (Å²) < 4.78 is 14.9. The van der Waals surface area contributed by atoms with Crippen molar-refractivity contribution in [2.75, 3.05) is 4.90 Å². The molecule has 3 heterocycles. The zero-order valence-corrected chi connectivity index (χ0v) is 24.4. The predicted octanol–water partition coefficient (Wildman–Crippen LogP) is 7.89. The van der Waals surface area contributed by atoms with Crippen LogP contribution >= 0.6 is 7.14 Å². The van der Waals surface area contributed by atoms with E-state index in [-0.39, 0.29) is 5.41 Å². The van der Waals surface area contributed by atoms with E-state index in [4.69, 9.17) is 0 Å². The SMILES string of the molecule is CC1(C)c2ccccc2N(c2ccc(P(=O)(c3ccccc3)c3cccnc3)cc2)c2ccc(-c3ccccn3)cc21. The Bertz CT molecular complexity index is 1880. The lowest BCUT2D eigenvalue weighted by atomic mass is 9.73. The van der Waals surface area contributed by atoms with Crippen LogP contribution in [0.15, 0.2) is 146 Å². The van der Waals surface area contributed by atoms with Gasteiger partial charge in [0.2, 0.25) is 0 Å². The zero-order valence-electron chi connectivity index (χ0n) is 23.6. The molecular weight excluding hydrogens is 533 g/mol. The standard InChI is InChI=1S/C37H30N3OP/c1-37(2)32-14-6-7-16-35(32)40(36-22-17-27(25-33(36)37)34-15-8-9-24-39-34)28-18-20-30(21-19-28)42(41,29-11-4-3-5-12-29)31-13-10-23-38-26-31/h3-26H,1-2H3. The van der Waals surface area contributed by atoms with Crippen LogP contribution in [0.1, 0.15) is 25.0 Å². The number of hydrogen-bond donors (Lipinski definition) is 0. The molecule has 0 amide bonds. The molecule has 0 saturated carbocycles. The first-order valence-electron chi connectivity index (χ1n) is 14.1. The number of rotatable bonds is 5. The van der Waals surface area contributed by atoms with Crippen LogP contribution in [-0.2, 0) is 9.98 Å². The first-order valence-corrected chi connectivity index (χ1v) is 15.8. The molecule has 5 heteroatoms. The van der Waals surface area contributed by atoms with Crippen molar-refractivity contribution in [3.8, 4) is 11.3 Å². The Morgan fingerprint density at radius 3 is 2.05 bits per heavy atom. The summed E-state index contributed by atoms with van der Waals surface area (Å²) in [5, 5.41) is 2.30. The fourth-order valence-electron chi connectivity index (χ4n) is 6.11. The molecule has 6 aromatic rings. The molecule has 0 radical (unpaired) electrons. The smallest absolute Gasteiger partial charge is 0.172 e. The molecule has 4 nitrogen and oxygen atoms in total. The van der Waals surface area contributed by atoms with Gasteiger partial charge in [0.1, 0.15) is 0 Å². The van der Waals surface area contributed by atoms with Gasteiger partial charge >= 0.3 is 0 Å². The van der Waals surface area contributed by atoms with Crippen LogP contribution in [0.4, 0.5) is 17.1 Å². The van der Waals surface area contributed by atoms with E-state index < -0.39 is 7.14 Å². The lowest BCUT2D eigenvalue weighted by Crippen LogP contribution is -2.31. The topological polar surface area (TPSA) is 46.1 Å². The summed E-state index contributed by atoms with van der Waals surface area (Å²) in [4.78, 5) is 11.2. The molecule has 0 spiro atoms. The van der Waals surface area contributed by atoms with Gasteiger partial charge in [0, 0.05) is 51.2 Å². The maximum atomic E-state index is 14.9. The number of aromatic nitrogens is 2. The van der Waals surface area contributed by atoms with Gasteiger partial charge in [-0.25, -0.2) is 0 Å². The minimum Gasteiger partial charge on any atom is -0.310 e. The molecule has 7 rings (SSSR count). The summed E-state index contributed by atoms with van der Waals surface area (Å²) in [6.07, 6.45) is 5.27. The Kier molecular flexibility index (Phi) is 6.37. The molecule has 0 fully saturated rings. The summed E-state index contributed by atoms with van der Waals surface area (Å²) in [5.41, 5.74) is 7.62. The Hall–Kier alpha value is -4.79. The van der Waals surface area contributed by atoms with E-state index in [1.165, 1.54) is 11.1 Å². The van der Waals surface area contributed by atoms with E-state index in [1.54, 1.807) is 12.4 Å². The minimum absolute atomic E-state index is 0.212. The van der Waals surface area contributed by atoms with Crippen molar-refractivity contribution in [2.24, 2.45) is 0 Å². The highest BCUT2D eigenvalue weighted by Gasteiger charge is 2.37. The highest BCUT2D eigenvalue weighted by atomic mass is 31.2. The van der Waals surface area contributed by atoms with Gasteiger partial charge in [-0.05, 0) is 77.9 Å². The van der Waals surface area contributed by atoms with Gasteiger partial charge in [0.05, 0.1) is 17.1 Å². The maximum absolute atomic E-state index is 14.9. The van der Waals surface area contributed by atoms with Crippen molar-refractivity contribution in [3.05, 3.63) is 157 Å². The lowest BCUT2D eigenvalue weighted by Gasteiger charge is -2.42. The van der Waals surface area contributed by atoms with Crippen molar-refractivity contribution in [1.29, 1.82) is 0 Å². The third-order valence-electron chi connectivity index (χ3n) is 8.29. The highest BCUT2D eigenvalue weighted by Crippen LogP contribution is 2.52. The summed E-state index contributed by atoms with van der Waals surface area (Å²) in [7, 11) is -3.12. The minimum atomic E-state index is -3.12. The number of fused-ring (bicyclic) bond motifs is 2. The van der Waals surface area contributed by atoms with Crippen molar-refractivity contribution in [1.82, 2.24) is 9.97 Å². The molecule has 1 atom stereocenters. The molecule has 204 valence electrons. The molecular formula is C37H30N3OP. The van der Waals surface area contributed by atoms with Crippen LogP contribution in [0, 0.1) is 0 Å². The van der Waals surface area contributed by atoms with Crippen molar-refractivity contribution in [2.45, 2.75) is 19.3 Å². The molecule has 4 aromatic carbocycles. The van der Waals surface area contributed by atoms with Gasteiger partial charge in [-0.2, -0.15) is 0 Å². The van der Waals surface area contributed by atoms with Gasteiger partial charge < -0.3 is 9.46 Å². The maximum Gasteiger partial charge on any atom is 0.172 e. The van der Waals surface area contributed by atoms with Gasteiger partial charge in [-0.15, -0.1) is 0 Å². The van der Waals surface area contributed by atoms with Crippen LogP contribution in [0.2, 0.25) is 0 Å². The fourth-order valence-corrected chi connectivity index (χ4v) is 8.69.